The summed E-state index contributed by atoms with van der Waals surface area (Å²) in [6.45, 7) is -8.48. The van der Waals surface area contributed by atoms with Gasteiger partial charge in [0.25, 0.3) is 0 Å². The van der Waals surface area contributed by atoms with E-state index in [9.17, 15) is 114 Å². The fourth-order valence-electron chi connectivity index (χ4n) is 2.09. The molecular formula is C14H4F26O. The summed E-state index contributed by atoms with van der Waals surface area (Å²) in [6.07, 6.45) is -15.8. The molecule has 0 aliphatic heterocycles. The third-order valence-electron chi connectivity index (χ3n) is 4.56. The van der Waals surface area contributed by atoms with Crippen LogP contribution in [0.3, 0.4) is 0 Å². The molecule has 0 aromatic rings. The molecule has 0 bridgehead atoms. The van der Waals surface area contributed by atoms with Crippen LogP contribution in [0, 0.1) is 0 Å². The molecule has 41 heavy (non-hydrogen) atoms. The quantitative estimate of drug-likeness (QED) is 0.188. The van der Waals surface area contributed by atoms with Crippen molar-refractivity contribution in [1.82, 2.24) is 0 Å². The zero-order valence-electron chi connectivity index (χ0n) is 17.6. The maximum absolute atomic E-state index is 13.4. The molecule has 0 aliphatic rings. The molecule has 1 nitrogen and oxygen atoms in total. The SMILES string of the molecule is FC(F)(F)C(F)(F)C(F)(F)C(F)(F)C(F)(F)C(F)(F)COCC(F)(F)C(F)(F)C(F)(F)C(F)(F)C(F)(F)C(F)(F)F. The summed E-state index contributed by atoms with van der Waals surface area (Å²) in [7, 11) is 0. The van der Waals surface area contributed by atoms with Gasteiger partial charge in [-0.1, -0.05) is 0 Å². The highest BCUT2D eigenvalue weighted by Gasteiger charge is 2.92. The first-order valence-corrected chi connectivity index (χ1v) is 8.70. The van der Waals surface area contributed by atoms with Gasteiger partial charge in [0.2, 0.25) is 0 Å². The second kappa shape index (κ2) is 9.83. The van der Waals surface area contributed by atoms with Crippen molar-refractivity contribution >= 4 is 0 Å². The monoisotopic (exact) mass is 682 g/mol. The molecule has 0 unspecified atom stereocenters. The number of halogens is 26. The van der Waals surface area contributed by atoms with Crippen molar-refractivity contribution in [2.45, 2.75) is 71.6 Å². The Bertz CT molecular complexity index is 845. The van der Waals surface area contributed by atoms with Crippen LogP contribution >= 0.6 is 0 Å². The van der Waals surface area contributed by atoms with Gasteiger partial charge < -0.3 is 4.74 Å². The molecule has 0 aliphatic carbocycles. The van der Waals surface area contributed by atoms with Crippen LogP contribution in [-0.4, -0.2) is 84.8 Å². The molecule has 0 fully saturated rings. The summed E-state index contributed by atoms with van der Waals surface area (Å²) in [6, 6.07) is 0. The molecule has 0 rings (SSSR count). The van der Waals surface area contributed by atoms with Crippen molar-refractivity contribution in [2.24, 2.45) is 0 Å². The lowest BCUT2D eigenvalue weighted by Crippen LogP contribution is -2.71. The minimum absolute atomic E-state index is 2.42. The Hall–Kier alpha value is -1.86. The van der Waals surface area contributed by atoms with Gasteiger partial charge in [-0.2, -0.15) is 114 Å². The lowest BCUT2D eigenvalue weighted by Gasteiger charge is -2.40. The van der Waals surface area contributed by atoms with E-state index in [4.69, 9.17) is 0 Å². The summed E-state index contributed by atoms with van der Waals surface area (Å²) >= 11 is 0. The smallest absolute Gasteiger partial charge is 0.368 e. The average molecular weight is 682 g/mol. The fourth-order valence-corrected chi connectivity index (χ4v) is 2.09. The van der Waals surface area contributed by atoms with Crippen LogP contribution in [0.4, 0.5) is 114 Å². The summed E-state index contributed by atoms with van der Waals surface area (Å²) in [5.41, 5.74) is 0. The Morgan fingerprint density at radius 3 is 0.585 bits per heavy atom. The standard InChI is InChI=1S/C14H4F26O/c15-3(16,5(19,20)7(23,24)9(27,28)11(31,32)13(35,36)37)1-41-2-4(17,18)6(21,22)8(25,26)10(29,30)12(33,34)14(38,39)40/h1-2H2. The van der Waals surface area contributed by atoms with Crippen LogP contribution in [0.15, 0.2) is 0 Å². The molecule has 0 amide bonds. The van der Waals surface area contributed by atoms with E-state index in [0.717, 1.165) is 0 Å². The van der Waals surface area contributed by atoms with E-state index in [-0.39, 0.29) is 0 Å². The van der Waals surface area contributed by atoms with E-state index < -0.39 is 84.8 Å². The number of ether oxygens (including phenoxy) is 1. The summed E-state index contributed by atoms with van der Waals surface area (Å²) < 4.78 is 336. The van der Waals surface area contributed by atoms with E-state index in [1.807, 2.05) is 0 Å². The van der Waals surface area contributed by atoms with Gasteiger partial charge in [0.1, 0.15) is 13.2 Å². The maximum Gasteiger partial charge on any atom is 0.460 e. The van der Waals surface area contributed by atoms with Gasteiger partial charge in [-0.3, -0.25) is 0 Å². The van der Waals surface area contributed by atoms with Gasteiger partial charge in [0.05, 0.1) is 0 Å². The number of hydrogen-bond donors (Lipinski definition) is 0. The Balaban J connectivity index is 6.28. The Labute approximate surface area is 205 Å². The molecule has 0 spiro atoms. The minimum Gasteiger partial charge on any atom is -0.368 e. The highest BCUT2D eigenvalue weighted by atomic mass is 19.4. The number of hydrogen-bond acceptors (Lipinski definition) is 1. The van der Waals surface area contributed by atoms with Crippen molar-refractivity contribution < 1.29 is 119 Å². The molecule has 0 heterocycles. The lowest BCUT2D eigenvalue weighted by molar-refractivity contribution is -0.445. The fraction of sp³-hybridized carbons (Fsp3) is 1.00. The molecule has 0 atom stereocenters. The average Bonchev–Trinajstić information content (AvgIpc) is 2.70. The predicted octanol–water partition coefficient (Wildman–Crippen LogP) is 8.48. The molecular weight excluding hydrogens is 678 g/mol. The molecule has 0 N–H and O–H groups in total. The minimum atomic E-state index is -8.57. The third kappa shape index (κ3) is 5.39. The Morgan fingerprint density at radius 2 is 0.415 bits per heavy atom. The molecule has 27 heteroatoms. The second-order valence-electron chi connectivity index (χ2n) is 7.49. The van der Waals surface area contributed by atoms with E-state index in [1.165, 1.54) is 0 Å². The van der Waals surface area contributed by atoms with Crippen LogP contribution in [0.1, 0.15) is 0 Å². The number of rotatable bonds is 12. The van der Waals surface area contributed by atoms with E-state index in [1.54, 1.807) is 0 Å². The van der Waals surface area contributed by atoms with E-state index in [2.05, 4.69) is 4.74 Å². The second-order valence-corrected chi connectivity index (χ2v) is 7.49. The highest BCUT2D eigenvalue weighted by Crippen LogP contribution is 2.62. The first-order chi connectivity index (χ1) is 17.2. The van der Waals surface area contributed by atoms with Crippen LogP contribution < -0.4 is 0 Å². The molecule has 0 aromatic carbocycles. The van der Waals surface area contributed by atoms with Crippen molar-refractivity contribution in [3.05, 3.63) is 0 Å². The van der Waals surface area contributed by atoms with Crippen molar-refractivity contribution in [3.63, 3.8) is 0 Å². The van der Waals surface area contributed by atoms with Gasteiger partial charge in [-0.25, -0.2) is 0 Å². The first kappa shape index (κ1) is 39.1. The van der Waals surface area contributed by atoms with Crippen LogP contribution in [-0.2, 0) is 4.74 Å². The predicted molar refractivity (Wildman–Crippen MR) is 72.4 cm³/mol. The van der Waals surface area contributed by atoms with Crippen LogP contribution in [0.25, 0.3) is 0 Å². The molecule has 0 saturated carbocycles. The van der Waals surface area contributed by atoms with E-state index >= 15 is 0 Å². The maximum atomic E-state index is 13.4. The largest absolute Gasteiger partial charge is 0.460 e. The molecule has 0 radical (unpaired) electrons. The zero-order chi connectivity index (χ0) is 34.1. The first-order valence-electron chi connectivity index (χ1n) is 8.70. The summed E-state index contributed by atoms with van der Waals surface area (Å²) in [5.74, 6) is -82.3. The van der Waals surface area contributed by atoms with Gasteiger partial charge in [-0.05, 0) is 0 Å². The summed E-state index contributed by atoms with van der Waals surface area (Å²) in [4.78, 5) is 0. The topological polar surface area (TPSA) is 9.23 Å². The lowest BCUT2D eigenvalue weighted by atomic mass is 9.94. The highest BCUT2D eigenvalue weighted by molar-refractivity contribution is 5.12. The molecule has 0 saturated heterocycles. The van der Waals surface area contributed by atoms with Gasteiger partial charge in [0, 0.05) is 0 Å². The van der Waals surface area contributed by atoms with Crippen molar-refractivity contribution in [2.75, 3.05) is 13.2 Å². The van der Waals surface area contributed by atoms with Crippen molar-refractivity contribution in [3.8, 4) is 0 Å². The molecule has 248 valence electrons. The van der Waals surface area contributed by atoms with Crippen LogP contribution in [0.5, 0.6) is 0 Å². The van der Waals surface area contributed by atoms with Crippen molar-refractivity contribution in [1.29, 1.82) is 0 Å². The third-order valence-corrected chi connectivity index (χ3v) is 4.56. The number of alkyl halides is 26. The van der Waals surface area contributed by atoms with Gasteiger partial charge in [0.15, 0.2) is 0 Å². The Morgan fingerprint density at radius 1 is 0.244 bits per heavy atom. The van der Waals surface area contributed by atoms with Gasteiger partial charge in [-0.15, -0.1) is 0 Å². The Kier molecular flexibility index (Phi) is 9.39. The zero-order valence-corrected chi connectivity index (χ0v) is 17.6. The summed E-state index contributed by atoms with van der Waals surface area (Å²) in [5, 5.41) is 0. The van der Waals surface area contributed by atoms with Gasteiger partial charge >= 0.3 is 71.6 Å². The van der Waals surface area contributed by atoms with E-state index in [0.29, 0.717) is 0 Å². The molecule has 0 aromatic heterocycles. The normalized spacial score (nSPS) is 16.8. The van der Waals surface area contributed by atoms with Crippen LogP contribution in [0.2, 0.25) is 0 Å².